The minimum atomic E-state index is -4.29. The second-order valence-corrected chi connectivity index (χ2v) is 12.1. The lowest BCUT2D eigenvalue weighted by molar-refractivity contribution is -0.134. The van der Waals surface area contributed by atoms with Crippen molar-refractivity contribution in [2.24, 2.45) is 0 Å². The van der Waals surface area contributed by atoms with Crippen LogP contribution in [-0.2, 0) is 32.7 Å². The molecule has 0 spiro atoms. The van der Waals surface area contributed by atoms with Gasteiger partial charge in [-0.2, -0.15) is 0 Å². The van der Waals surface area contributed by atoms with Gasteiger partial charge >= 0.3 is 0 Å². The molecule has 0 aliphatic carbocycles. The van der Waals surface area contributed by atoms with Crippen molar-refractivity contribution in [2.75, 3.05) is 9.62 Å². The smallest absolute Gasteiger partial charge is 0.265 e. The van der Waals surface area contributed by atoms with Crippen LogP contribution >= 0.6 is 11.6 Å². The molecule has 3 heterocycles. The van der Waals surface area contributed by atoms with Crippen LogP contribution in [0.3, 0.4) is 0 Å². The number of aryl methyl sites for hydroxylation is 2. The van der Waals surface area contributed by atoms with Crippen LogP contribution in [0.4, 0.5) is 11.4 Å². The Labute approximate surface area is 243 Å². The molecule has 0 saturated heterocycles. The summed E-state index contributed by atoms with van der Waals surface area (Å²) in [5, 5.41) is 3.22. The SMILES string of the molecule is Cc1cc(S(=O)(=O)N2c3ccccc3NC(=O)[C@H]2CC(=O)N(Cc2cccnc2)Cc2cccnc2)c(C)cc1Cl. The average molecular weight is 590 g/mol. The summed E-state index contributed by atoms with van der Waals surface area (Å²) >= 11 is 6.26. The number of pyridine rings is 2. The Hall–Kier alpha value is -4.28. The Morgan fingerprint density at radius 2 is 1.59 bits per heavy atom. The third-order valence-corrected chi connectivity index (χ3v) is 9.26. The molecule has 2 amide bonds. The molecule has 41 heavy (non-hydrogen) atoms. The number of rotatable bonds is 8. The summed E-state index contributed by atoms with van der Waals surface area (Å²) in [6.07, 6.45) is 6.23. The van der Waals surface area contributed by atoms with Crippen molar-refractivity contribution in [1.29, 1.82) is 0 Å². The van der Waals surface area contributed by atoms with E-state index in [9.17, 15) is 18.0 Å². The Bertz CT molecular complexity index is 1660. The standard InChI is InChI=1S/C30H28ClN5O4S/c1-20-14-28(21(2)13-24(20)31)41(39,40)36-26-10-4-3-9-25(26)34-30(38)27(36)15-29(37)35(18-22-7-5-11-32-16-22)19-23-8-6-12-33-17-23/h3-14,16-17,27H,15,18-19H2,1-2H3,(H,34,38)/t27-/m1/s1. The van der Waals surface area contributed by atoms with Crippen LogP contribution in [0, 0.1) is 13.8 Å². The molecule has 1 aliphatic heterocycles. The quantitative estimate of drug-likeness (QED) is 0.313. The summed E-state index contributed by atoms with van der Waals surface area (Å²) < 4.78 is 29.6. The highest BCUT2D eigenvalue weighted by molar-refractivity contribution is 7.93. The second kappa shape index (κ2) is 11.7. The van der Waals surface area contributed by atoms with Gasteiger partial charge < -0.3 is 10.2 Å². The van der Waals surface area contributed by atoms with Crippen LogP contribution < -0.4 is 9.62 Å². The van der Waals surface area contributed by atoms with Crippen LogP contribution in [-0.4, -0.2) is 41.1 Å². The number of anilines is 2. The fourth-order valence-corrected chi connectivity index (χ4v) is 6.97. The highest BCUT2D eigenvalue weighted by Gasteiger charge is 2.43. The van der Waals surface area contributed by atoms with Crippen LogP contribution in [0.15, 0.2) is 90.3 Å². The number of fused-ring (bicyclic) bond motifs is 1. The Balaban J connectivity index is 1.55. The number of amides is 2. The highest BCUT2D eigenvalue weighted by atomic mass is 35.5. The lowest BCUT2D eigenvalue weighted by Gasteiger charge is -2.38. The molecule has 0 bridgehead atoms. The number of carbonyl (C=O) groups excluding carboxylic acids is 2. The first kappa shape index (κ1) is 28.3. The lowest BCUT2D eigenvalue weighted by Crippen LogP contribution is -2.53. The van der Waals surface area contributed by atoms with E-state index in [1.165, 1.54) is 6.07 Å². The molecule has 2 aromatic carbocycles. The second-order valence-electron chi connectivity index (χ2n) is 9.87. The fraction of sp³-hybridized carbons (Fsp3) is 0.200. The van der Waals surface area contributed by atoms with Gasteiger partial charge in [-0.1, -0.05) is 35.9 Å². The third kappa shape index (κ3) is 5.94. The van der Waals surface area contributed by atoms with Crippen molar-refractivity contribution in [1.82, 2.24) is 14.9 Å². The number of hydrogen-bond acceptors (Lipinski definition) is 6. The number of carbonyl (C=O) groups is 2. The van der Waals surface area contributed by atoms with Gasteiger partial charge in [0.25, 0.3) is 10.0 Å². The number of aromatic nitrogens is 2. The summed E-state index contributed by atoms with van der Waals surface area (Å²) in [7, 11) is -4.29. The number of sulfonamides is 1. The van der Waals surface area contributed by atoms with E-state index in [0.29, 0.717) is 21.8 Å². The van der Waals surface area contributed by atoms with Gasteiger partial charge in [0.1, 0.15) is 6.04 Å². The van der Waals surface area contributed by atoms with Crippen molar-refractivity contribution >= 4 is 44.8 Å². The van der Waals surface area contributed by atoms with E-state index in [1.807, 2.05) is 12.1 Å². The molecule has 5 rings (SSSR count). The number of para-hydroxylation sites is 2. The fourth-order valence-electron chi connectivity index (χ4n) is 4.82. The van der Waals surface area contributed by atoms with Gasteiger partial charge in [0, 0.05) is 42.9 Å². The summed E-state index contributed by atoms with van der Waals surface area (Å²) in [6.45, 7) is 3.80. The van der Waals surface area contributed by atoms with Gasteiger partial charge in [-0.05, 0) is 72.5 Å². The average Bonchev–Trinajstić information content (AvgIpc) is 2.96. The summed E-state index contributed by atoms with van der Waals surface area (Å²) in [6, 6.07) is 15.6. The Morgan fingerprint density at radius 3 is 2.20 bits per heavy atom. The highest BCUT2D eigenvalue weighted by Crippen LogP contribution is 2.38. The maximum Gasteiger partial charge on any atom is 0.265 e. The van der Waals surface area contributed by atoms with Gasteiger partial charge in [-0.25, -0.2) is 8.42 Å². The molecular weight excluding hydrogens is 562 g/mol. The molecule has 1 aliphatic rings. The first-order valence-electron chi connectivity index (χ1n) is 12.9. The summed E-state index contributed by atoms with van der Waals surface area (Å²) in [5.41, 5.74) is 3.22. The molecule has 0 radical (unpaired) electrons. The van der Waals surface area contributed by atoms with Crippen molar-refractivity contribution < 1.29 is 18.0 Å². The number of hydrogen-bond donors (Lipinski definition) is 1. The van der Waals surface area contributed by atoms with Crippen LogP contribution in [0.25, 0.3) is 0 Å². The molecule has 0 unspecified atom stereocenters. The maximum atomic E-state index is 14.3. The predicted molar refractivity (Wildman–Crippen MR) is 157 cm³/mol. The van der Waals surface area contributed by atoms with Gasteiger partial charge in [-0.3, -0.25) is 23.9 Å². The van der Waals surface area contributed by atoms with Crippen molar-refractivity contribution in [2.45, 2.75) is 44.3 Å². The molecule has 0 saturated carbocycles. The molecular formula is C30H28ClN5O4S. The van der Waals surface area contributed by atoms with E-state index in [2.05, 4.69) is 15.3 Å². The largest absolute Gasteiger partial charge is 0.334 e. The van der Waals surface area contributed by atoms with Gasteiger partial charge in [0.2, 0.25) is 11.8 Å². The zero-order valence-corrected chi connectivity index (χ0v) is 24.1. The van der Waals surface area contributed by atoms with E-state index in [4.69, 9.17) is 11.6 Å². The lowest BCUT2D eigenvalue weighted by atomic mass is 10.1. The van der Waals surface area contributed by atoms with Crippen LogP contribution in [0.2, 0.25) is 5.02 Å². The number of nitrogens with one attached hydrogen (secondary N) is 1. The van der Waals surface area contributed by atoms with E-state index >= 15 is 0 Å². The molecule has 2 aromatic heterocycles. The normalized spacial score (nSPS) is 14.8. The Morgan fingerprint density at radius 1 is 0.951 bits per heavy atom. The van der Waals surface area contributed by atoms with Crippen molar-refractivity contribution in [3.05, 3.63) is 113 Å². The summed E-state index contributed by atoms with van der Waals surface area (Å²) in [5.74, 6) is -0.992. The van der Waals surface area contributed by atoms with Gasteiger partial charge in [-0.15, -0.1) is 0 Å². The minimum absolute atomic E-state index is 0.0175. The molecule has 1 atom stereocenters. The molecule has 4 aromatic rings. The maximum absolute atomic E-state index is 14.3. The third-order valence-electron chi connectivity index (χ3n) is 6.89. The predicted octanol–water partition coefficient (Wildman–Crippen LogP) is 4.88. The first-order valence-corrected chi connectivity index (χ1v) is 14.7. The molecule has 9 nitrogen and oxygen atoms in total. The van der Waals surface area contributed by atoms with Crippen molar-refractivity contribution in [3.63, 3.8) is 0 Å². The van der Waals surface area contributed by atoms with Crippen molar-refractivity contribution in [3.8, 4) is 0 Å². The number of nitrogens with zero attached hydrogens (tertiary/aromatic N) is 4. The first-order chi connectivity index (χ1) is 19.6. The molecule has 11 heteroatoms. The van der Waals surface area contributed by atoms with E-state index in [-0.39, 0.29) is 30.1 Å². The van der Waals surface area contributed by atoms with E-state index < -0.39 is 27.9 Å². The van der Waals surface area contributed by atoms with E-state index in [1.54, 1.807) is 86.0 Å². The summed E-state index contributed by atoms with van der Waals surface area (Å²) in [4.78, 5) is 37.3. The van der Waals surface area contributed by atoms with Gasteiger partial charge in [0.15, 0.2) is 0 Å². The number of halogens is 1. The zero-order chi connectivity index (χ0) is 29.1. The monoisotopic (exact) mass is 589 g/mol. The van der Waals surface area contributed by atoms with Crippen LogP contribution in [0.1, 0.15) is 28.7 Å². The topological polar surface area (TPSA) is 113 Å². The van der Waals surface area contributed by atoms with Crippen LogP contribution in [0.5, 0.6) is 0 Å². The van der Waals surface area contributed by atoms with Gasteiger partial charge in [0.05, 0.1) is 22.7 Å². The zero-order valence-electron chi connectivity index (χ0n) is 22.5. The molecule has 1 N–H and O–H groups in total. The van der Waals surface area contributed by atoms with E-state index in [0.717, 1.165) is 15.4 Å². The number of benzene rings is 2. The molecule has 210 valence electrons. The Kier molecular flexibility index (Phi) is 8.05. The minimum Gasteiger partial charge on any atom is -0.334 e. The molecule has 0 fully saturated rings.